The Kier molecular flexibility index (Phi) is 2.54. The van der Waals surface area contributed by atoms with Crippen molar-refractivity contribution in [2.24, 2.45) is 4.36 Å². The number of nitrogens with zero attached hydrogens (tertiary/aromatic N) is 1. The predicted octanol–water partition coefficient (Wildman–Crippen LogP) is 3.15. The summed E-state index contributed by atoms with van der Waals surface area (Å²) in [5.74, 6) is 1.47. The van der Waals surface area contributed by atoms with E-state index in [1.807, 2.05) is 19.1 Å². The molecule has 1 saturated heterocycles. The van der Waals surface area contributed by atoms with Crippen LogP contribution in [0.2, 0.25) is 5.02 Å². The molecule has 1 fully saturated rings. The molecule has 0 unspecified atom stereocenters. The van der Waals surface area contributed by atoms with E-state index in [9.17, 15) is 4.21 Å². The van der Waals surface area contributed by atoms with Gasteiger partial charge in [-0.15, -0.1) is 0 Å². The molecule has 1 heterocycles. The van der Waals surface area contributed by atoms with Crippen LogP contribution in [-0.4, -0.2) is 15.7 Å². The highest BCUT2D eigenvalue weighted by molar-refractivity contribution is 7.95. The summed E-state index contributed by atoms with van der Waals surface area (Å²) in [5.41, 5.74) is 1.81. The SMILES string of the molecule is Cc1ccc(Cl)cc1N=S1(=O)CCC1. The molecule has 0 saturated carbocycles. The van der Waals surface area contributed by atoms with Crippen molar-refractivity contribution in [2.45, 2.75) is 13.3 Å². The van der Waals surface area contributed by atoms with E-state index >= 15 is 0 Å². The summed E-state index contributed by atoms with van der Waals surface area (Å²) < 4.78 is 16.2. The number of benzene rings is 1. The van der Waals surface area contributed by atoms with Gasteiger partial charge in [0.2, 0.25) is 0 Å². The van der Waals surface area contributed by atoms with E-state index in [4.69, 9.17) is 11.6 Å². The molecule has 0 aromatic heterocycles. The maximum atomic E-state index is 11.9. The fourth-order valence-electron chi connectivity index (χ4n) is 1.34. The topological polar surface area (TPSA) is 29.4 Å². The van der Waals surface area contributed by atoms with Gasteiger partial charge >= 0.3 is 0 Å². The Hall–Kier alpha value is -0.540. The number of halogens is 1. The van der Waals surface area contributed by atoms with Crippen LogP contribution in [0.1, 0.15) is 12.0 Å². The maximum absolute atomic E-state index is 11.9. The fraction of sp³-hybridized carbons (Fsp3) is 0.400. The standard InChI is InChI=1S/C10H12ClNOS/c1-8-3-4-9(11)7-10(8)12-14(13)5-2-6-14/h3-4,7H,2,5-6H2,1H3. The number of hydrogen-bond acceptors (Lipinski definition) is 2. The van der Waals surface area contributed by atoms with Crippen molar-refractivity contribution in [1.29, 1.82) is 0 Å². The predicted molar refractivity (Wildman–Crippen MR) is 60.8 cm³/mol. The zero-order valence-electron chi connectivity index (χ0n) is 8.00. The first-order chi connectivity index (χ1) is 6.59. The molecular formula is C10H12ClNOS. The molecule has 1 aromatic carbocycles. The van der Waals surface area contributed by atoms with E-state index in [2.05, 4.69) is 4.36 Å². The van der Waals surface area contributed by atoms with Crippen LogP contribution < -0.4 is 0 Å². The molecule has 0 bridgehead atoms. The van der Waals surface area contributed by atoms with E-state index in [0.717, 1.165) is 29.2 Å². The van der Waals surface area contributed by atoms with Gasteiger partial charge in [0.25, 0.3) is 0 Å². The molecule has 0 aliphatic carbocycles. The summed E-state index contributed by atoms with van der Waals surface area (Å²) in [6.07, 6.45) is 1.03. The molecule has 0 spiro atoms. The quantitative estimate of drug-likeness (QED) is 0.728. The summed E-state index contributed by atoms with van der Waals surface area (Å²) >= 11 is 5.85. The molecule has 2 rings (SSSR count). The van der Waals surface area contributed by atoms with Gasteiger partial charge in [0.05, 0.1) is 15.4 Å². The van der Waals surface area contributed by atoms with E-state index in [0.29, 0.717) is 5.02 Å². The second-order valence-electron chi connectivity index (χ2n) is 3.56. The van der Waals surface area contributed by atoms with Gasteiger partial charge in [0.15, 0.2) is 0 Å². The minimum Gasteiger partial charge on any atom is -0.249 e. The molecule has 0 radical (unpaired) electrons. The van der Waals surface area contributed by atoms with Crippen LogP contribution in [0.25, 0.3) is 0 Å². The van der Waals surface area contributed by atoms with Gasteiger partial charge in [0.1, 0.15) is 0 Å². The molecule has 0 atom stereocenters. The summed E-state index contributed by atoms with van der Waals surface area (Å²) in [6.45, 7) is 1.95. The van der Waals surface area contributed by atoms with Crippen molar-refractivity contribution in [2.75, 3.05) is 11.5 Å². The number of aryl methyl sites for hydroxylation is 1. The van der Waals surface area contributed by atoms with Gasteiger partial charge < -0.3 is 0 Å². The van der Waals surface area contributed by atoms with Gasteiger partial charge in [-0.1, -0.05) is 17.7 Å². The van der Waals surface area contributed by atoms with Crippen molar-refractivity contribution in [1.82, 2.24) is 0 Å². The Balaban J connectivity index is 2.47. The lowest BCUT2D eigenvalue weighted by molar-refractivity contribution is 0.663. The van der Waals surface area contributed by atoms with Crippen LogP contribution in [0.15, 0.2) is 22.6 Å². The normalized spacial score (nSPS) is 18.7. The third-order valence-corrected chi connectivity index (χ3v) is 4.98. The molecule has 0 N–H and O–H groups in total. The van der Waals surface area contributed by atoms with E-state index in [-0.39, 0.29) is 0 Å². The second-order valence-corrected chi connectivity index (χ2v) is 6.54. The summed E-state index contributed by atoms with van der Waals surface area (Å²) in [7, 11) is -1.91. The highest BCUT2D eigenvalue weighted by Crippen LogP contribution is 2.27. The average Bonchev–Trinajstić information content (AvgIpc) is 2.09. The number of rotatable bonds is 1. The largest absolute Gasteiger partial charge is 0.249 e. The first-order valence-corrected chi connectivity index (χ1v) is 6.81. The lowest BCUT2D eigenvalue weighted by atomic mass is 10.2. The zero-order valence-corrected chi connectivity index (χ0v) is 9.57. The molecule has 4 heteroatoms. The maximum Gasteiger partial charge on any atom is 0.0774 e. The van der Waals surface area contributed by atoms with Gasteiger partial charge in [-0.25, -0.2) is 4.21 Å². The fourth-order valence-corrected chi connectivity index (χ4v) is 3.03. The minimum atomic E-state index is -1.91. The molecule has 0 amide bonds. The molecule has 1 aliphatic heterocycles. The van der Waals surface area contributed by atoms with Crippen molar-refractivity contribution >= 4 is 27.0 Å². The average molecular weight is 230 g/mol. The summed E-state index contributed by atoms with van der Waals surface area (Å²) in [4.78, 5) is 0. The van der Waals surface area contributed by atoms with Crippen LogP contribution >= 0.6 is 11.6 Å². The molecule has 14 heavy (non-hydrogen) atoms. The summed E-state index contributed by atoms with van der Waals surface area (Å²) in [5, 5.41) is 0.650. The van der Waals surface area contributed by atoms with E-state index in [1.54, 1.807) is 6.07 Å². The Bertz CT molecular complexity index is 465. The lowest BCUT2D eigenvalue weighted by Gasteiger charge is -2.18. The first-order valence-electron chi connectivity index (χ1n) is 4.58. The lowest BCUT2D eigenvalue weighted by Crippen LogP contribution is -2.23. The van der Waals surface area contributed by atoms with Crippen molar-refractivity contribution in [3.63, 3.8) is 0 Å². The van der Waals surface area contributed by atoms with Crippen LogP contribution in [0.5, 0.6) is 0 Å². The minimum absolute atomic E-state index is 0.650. The second kappa shape index (κ2) is 3.55. The Morgan fingerprint density at radius 2 is 2.14 bits per heavy atom. The monoisotopic (exact) mass is 229 g/mol. The Morgan fingerprint density at radius 1 is 1.43 bits per heavy atom. The Labute approximate surface area is 89.5 Å². The van der Waals surface area contributed by atoms with Gasteiger partial charge in [-0.05, 0) is 31.0 Å². The molecule has 1 aromatic rings. The first kappa shape index (κ1) is 9.99. The third-order valence-electron chi connectivity index (χ3n) is 2.36. The van der Waals surface area contributed by atoms with Crippen LogP contribution in [0.3, 0.4) is 0 Å². The molecular weight excluding hydrogens is 218 g/mol. The van der Waals surface area contributed by atoms with E-state index < -0.39 is 9.73 Å². The van der Waals surface area contributed by atoms with E-state index in [1.165, 1.54) is 0 Å². The highest BCUT2D eigenvalue weighted by Gasteiger charge is 2.19. The van der Waals surface area contributed by atoms with Gasteiger partial charge in [-0.3, -0.25) is 0 Å². The van der Waals surface area contributed by atoms with Crippen molar-refractivity contribution in [3.8, 4) is 0 Å². The van der Waals surface area contributed by atoms with Gasteiger partial charge in [-0.2, -0.15) is 4.36 Å². The highest BCUT2D eigenvalue weighted by atomic mass is 35.5. The molecule has 1 aliphatic rings. The van der Waals surface area contributed by atoms with Crippen LogP contribution in [0, 0.1) is 6.92 Å². The smallest absolute Gasteiger partial charge is 0.0774 e. The zero-order chi connectivity index (χ0) is 10.2. The van der Waals surface area contributed by atoms with Crippen LogP contribution in [0.4, 0.5) is 5.69 Å². The Morgan fingerprint density at radius 3 is 2.71 bits per heavy atom. The van der Waals surface area contributed by atoms with Crippen LogP contribution in [-0.2, 0) is 9.73 Å². The number of hydrogen-bond donors (Lipinski definition) is 0. The summed E-state index contributed by atoms with van der Waals surface area (Å²) in [6, 6.07) is 5.51. The van der Waals surface area contributed by atoms with Crippen molar-refractivity contribution < 1.29 is 4.21 Å². The molecule has 76 valence electrons. The third kappa shape index (κ3) is 1.93. The molecule has 2 nitrogen and oxygen atoms in total. The van der Waals surface area contributed by atoms with Crippen molar-refractivity contribution in [3.05, 3.63) is 28.8 Å². The van der Waals surface area contributed by atoms with Gasteiger partial charge in [0, 0.05) is 16.5 Å².